The van der Waals surface area contributed by atoms with Crippen LogP contribution in [0, 0.1) is 5.92 Å². The molecule has 0 saturated heterocycles. The van der Waals surface area contributed by atoms with Crippen molar-refractivity contribution in [3.8, 4) is 0 Å². The summed E-state index contributed by atoms with van der Waals surface area (Å²) in [5, 5.41) is 26.3. The van der Waals surface area contributed by atoms with Gasteiger partial charge in [0, 0.05) is 25.7 Å². The Labute approximate surface area is 126 Å². The lowest BCUT2D eigenvalue weighted by Gasteiger charge is -2.09. The van der Waals surface area contributed by atoms with Gasteiger partial charge >= 0.3 is 7.82 Å². The third-order valence-corrected chi connectivity index (χ3v) is 3.04. The van der Waals surface area contributed by atoms with Crippen LogP contribution >= 0.6 is 7.82 Å². The van der Waals surface area contributed by atoms with E-state index >= 15 is 0 Å². The largest absolute Gasteiger partial charge is 0.466 e. The summed E-state index contributed by atoms with van der Waals surface area (Å²) in [5.41, 5.74) is 0. The lowest BCUT2D eigenvalue weighted by molar-refractivity contribution is 0.141. The van der Waals surface area contributed by atoms with Gasteiger partial charge in [0.15, 0.2) is 0 Å². The van der Waals surface area contributed by atoms with E-state index in [0.717, 1.165) is 25.7 Å². The molecule has 0 spiro atoms. The van der Waals surface area contributed by atoms with Crippen molar-refractivity contribution in [2.45, 2.75) is 57.8 Å². The molecule has 0 aliphatic heterocycles. The SMILES string of the molecule is O=P(O)(O)O.OCCCCCCCCCCC(CO)CO. The Morgan fingerprint density at radius 1 is 0.667 bits per heavy atom. The molecule has 8 heteroatoms. The summed E-state index contributed by atoms with van der Waals surface area (Å²) in [6.45, 7) is 0.541. The number of phosphoric acid groups is 1. The molecule has 0 fully saturated rings. The number of aliphatic hydroxyl groups excluding tert-OH is 3. The summed E-state index contributed by atoms with van der Waals surface area (Å²) in [6, 6.07) is 0. The van der Waals surface area contributed by atoms with Crippen LogP contribution in [0.3, 0.4) is 0 Å². The molecular formula is C13H31O7P. The van der Waals surface area contributed by atoms with Crippen LogP contribution < -0.4 is 0 Å². The van der Waals surface area contributed by atoms with Crippen LogP contribution in [0.25, 0.3) is 0 Å². The van der Waals surface area contributed by atoms with E-state index in [9.17, 15) is 0 Å². The molecule has 0 rings (SSSR count). The molecule has 0 aliphatic carbocycles. The van der Waals surface area contributed by atoms with E-state index in [1.54, 1.807) is 0 Å². The van der Waals surface area contributed by atoms with Crippen LogP contribution in [0.1, 0.15) is 57.8 Å². The highest BCUT2D eigenvalue weighted by molar-refractivity contribution is 7.45. The van der Waals surface area contributed by atoms with Crippen LogP contribution in [0.15, 0.2) is 0 Å². The number of unbranched alkanes of at least 4 members (excludes halogenated alkanes) is 7. The molecule has 130 valence electrons. The Morgan fingerprint density at radius 2 is 1.00 bits per heavy atom. The third kappa shape index (κ3) is 28.8. The molecule has 0 atom stereocenters. The van der Waals surface area contributed by atoms with E-state index in [1.165, 1.54) is 32.1 Å². The van der Waals surface area contributed by atoms with Crippen molar-refractivity contribution in [2.75, 3.05) is 19.8 Å². The Morgan fingerprint density at radius 3 is 1.33 bits per heavy atom. The summed E-state index contributed by atoms with van der Waals surface area (Å²) in [6.07, 6.45) is 10.4. The molecule has 0 heterocycles. The first-order valence-electron chi connectivity index (χ1n) is 7.46. The van der Waals surface area contributed by atoms with Crippen LogP contribution in [0.5, 0.6) is 0 Å². The zero-order valence-corrected chi connectivity index (χ0v) is 13.5. The molecule has 0 amide bonds. The van der Waals surface area contributed by atoms with E-state index < -0.39 is 7.82 Å². The van der Waals surface area contributed by atoms with Gasteiger partial charge in [-0.25, -0.2) is 4.57 Å². The van der Waals surface area contributed by atoms with E-state index in [4.69, 9.17) is 34.6 Å². The number of hydrogen-bond acceptors (Lipinski definition) is 4. The highest BCUT2D eigenvalue weighted by Gasteiger charge is 2.04. The Balaban J connectivity index is 0. The van der Waals surface area contributed by atoms with Crippen LogP contribution in [0.2, 0.25) is 0 Å². The van der Waals surface area contributed by atoms with Crippen molar-refractivity contribution in [2.24, 2.45) is 5.92 Å². The van der Waals surface area contributed by atoms with Gasteiger partial charge in [-0.2, -0.15) is 0 Å². The average molecular weight is 330 g/mol. The molecule has 7 nitrogen and oxygen atoms in total. The van der Waals surface area contributed by atoms with Crippen molar-refractivity contribution in [3.63, 3.8) is 0 Å². The van der Waals surface area contributed by atoms with Gasteiger partial charge < -0.3 is 30.0 Å². The number of aliphatic hydroxyl groups is 3. The standard InChI is InChI=1S/C13H28O3.H3O4P/c14-10-8-6-4-2-1-3-5-7-9-13(11-15)12-16;1-5(2,3)4/h13-16H,1-12H2;(H3,1,2,3,4). The van der Waals surface area contributed by atoms with E-state index in [1.807, 2.05) is 0 Å². The zero-order valence-electron chi connectivity index (χ0n) is 12.6. The predicted octanol–water partition coefficient (Wildman–Crippen LogP) is 1.16. The summed E-state index contributed by atoms with van der Waals surface area (Å²) in [4.78, 5) is 21.6. The first-order valence-corrected chi connectivity index (χ1v) is 9.02. The monoisotopic (exact) mass is 330 g/mol. The van der Waals surface area contributed by atoms with Gasteiger partial charge in [-0.1, -0.05) is 44.9 Å². The molecule has 0 unspecified atom stereocenters. The smallest absolute Gasteiger partial charge is 0.396 e. The van der Waals surface area contributed by atoms with E-state index in [2.05, 4.69) is 0 Å². The number of hydrogen-bond donors (Lipinski definition) is 6. The van der Waals surface area contributed by atoms with E-state index in [-0.39, 0.29) is 19.1 Å². The highest BCUT2D eigenvalue weighted by atomic mass is 31.2. The second-order valence-electron chi connectivity index (χ2n) is 5.09. The lowest BCUT2D eigenvalue weighted by atomic mass is 10.0. The topological polar surface area (TPSA) is 138 Å². The predicted molar refractivity (Wildman–Crippen MR) is 80.6 cm³/mol. The lowest BCUT2D eigenvalue weighted by Crippen LogP contribution is -2.10. The van der Waals surface area contributed by atoms with Crippen molar-refractivity contribution in [1.82, 2.24) is 0 Å². The molecule has 21 heavy (non-hydrogen) atoms. The maximum absolute atomic E-state index is 8.88. The van der Waals surface area contributed by atoms with Gasteiger partial charge in [0.05, 0.1) is 0 Å². The maximum atomic E-state index is 8.88. The molecule has 0 aromatic rings. The minimum atomic E-state index is -4.64. The Bertz CT molecular complexity index is 232. The van der Waals surface area contributed by atoms with Gasteiger partial charge in [0.1, 0.15) is 0 Å². The van der Waals surface area contributed by atoms with Crippen molar-refractivity contribution >= 4 is 7.82 Å². The van der Waals surface area contributed by atoms with Gasteiger partial charge in [0.25, 0.3) is 0 Å². The fraction of sp³-hybridized carbons (Fsp3) is 1.00. The van der Waals surface area contributed by atoms with Crippen LogP contribution in [-0.4, -0.2) is 49.8 Å². The molecule has 0 bridgehead atoms. The zero-order chi connectivity index (χ0) is 16.6. The Kier molecular flexibility index (Phi) is 18.1. The number of rotatable bonds is 12. The van der Waals surface area contributed by atoms with Crippen LogP contribution in [0.4, 0.5) is 0 Å². The van der Waals surface area contributed by atoms with Crippen LogP contribution in [-0.2, 0) is 4.57 Å². The molecule has 0 aromatic heterocycles. The fourth-order valence-corrected chi connectivity index (χ4v) is 1.85. The summed E-state index contributed by atoms with van der Waals surface area (Å²) in [5.74, 6) is 0.0876. The van der Waals surface area contributed by atoms with Crippen molar-refractivity contribution in [1.29, 1.82) is 0 Å². The average Bonchev–Trinajstić information content (AvgIpc) is 2.39. The van der Waals surface area contributed by atoms with Gasteiger partial charge in [-0.05, 0) is 12.8 Å². The summed E-state index contributed by atoms with van der Waals surface area (Å²) >= 11 is 0. The third-order valence-electron chi connectivity index (χ3n) is 3.04. The second-order valence-corrected chi connectivity index (χ2v) is 6.11. The van der Waals surface area contributed by atoms with Crippen molar-refractivity contribution < 1.29 is 34.6 Å². The maximum Gasteiger partial charge on any atom is 0.466 e. The van der Waals surface area contributed by atoms with Gasteiger partial charge in [-0.15, -0.1) is 0 Å². The minimum Gasteiger partial charge on any atom is -0.396 e. The highest BCUT2D eigenvalue weighted by Crippen LogP contribution is 2.25. The summed E-state index contributed by atoms with van der Waals surface area (Å²) in [7, 11) is -4.64. The quantitative estimate of drug-likeness (QED) is 0.233. The van der Waals surface area contributed by atoms with Crippen molar-refractivity contribution in [3.05, 3.63) is 0 Å². The fourth-order valence-electron chi connectivity index (χ4n) is 1.85. The van der Waals surface area contributed by atoms with Gasteiger partial charge in [0.2, 0.25) is 0 Å². The molecular weight excluding hydrogens is 299 g/mol. The van der Waals surface area contributed by atoms with Gasteiger partial charge in [-0.3, -0.25) is 0 Å². The van der Waals surface area contributed by atoms with E-state index in [0.29, 0.717) is 6.61 Å². The molecule has 0 aliphatic rings. The molecule has 0 aromatic carbocycles. The second kappa shape index (κ2) is 16.4. The first kappa shape index (κ1) is 23.3. The molecule has 6 N–H and O–H groups in total. The Hall–Kier alpha value is -0.0100. The molecule has 0 saturated carbocycles. The minimum absolute atomic E-state index is 0.0876. The normalized spacial score (nSPS) is 11.4. The molecule has 0 radical (unpaired) electrons. The summed E-state index contributed by atoms with van der Waals surface area (Å²) < 4.78 is 8.88. The first-order chi connectivity index (χ1) is 9.85.